The Balaban J connectivity index is 1.57. The highest BCUT2D eigenvalue weighted by molar-refractivity contribution is 5.80. The summed E-state index contributed by atoms with van der Waals surface area (Å²) in [5.74, 6) is 0.0184. The van der Waals surface area contributed by atoms with Crippen LogP contribution in [0.1, 0.15) is 0 Å². The Bertz CT molecular complexity index is 1050. The molecule has 30 heavy (non-hydrogen) atoms. The summed E-state index contributed by atoms with van der Waals surface area (Å²) in [7, 11) is 0. The number of hydrogen-bond acceptors (Lipinski definition) is 7. The van der Waals surface area contributed by atoms with Crippen LogP contribution < -0.4 is 16.2 Å². The second-order valence-electron chi connectivity index (χ2n) is 6.96. The predicted molar refractivity (Wildman–Crippen MR) is 112 cm³/mol. The van der Waals surface area contributed by atoms with Crippen LogP contribution in [0, 0.1) is 5.82 Å². The molecule has 1 atom stereocenters. The van der Waals surface area contributed by atoms with Crippen molar-refractivity contribution in [2.24, 2.45) is 0 Å². The van der Waals surface area contributed by atoms with E-state index in [1.807, 2.05) is 0 Å². The van der Waals surface area contributed by atoms with Gasteiger partial charge in [-0.15, -0.1) is 0 Å². The van der Waals surface area contributed by atoms with Gasteiger partial charge in [-0.3, -0.25) is 0 Å². The van der Waals surface area contributed by atoms with E-state index in [1.165, 1.54) is 6.07 Å². The Morgan fingerprint density at radius 3 is 2.67 bits per heavy atom. The van der Waals surface area contributed by atoms with Crippen LogP contribution in [0.3, 0.4) is 0 Å². The first-order valence-corrected chi connectivity index (χ1v) is 9.47. The van der Waals surface area contributed by atoms with E-state index in [1.54, 1.807) is 42.6 Å². The van der Waals surface area contributed by atoms with Gasteiger partial charge in [0.2, 0.25) is 0 Å². The molecule has 0 bridgehead atoms. The van der Waals surface area contributed by atoms with Crippen molar-refractivity contribution in [1.29, 1.82) is 0 Å². The van der Waals surface area contributed by atoms with Crippen LogP contribution in [-0.2, 0) is 9.47 Å². The van der Waals surface area contributed by atoms with Crippen LogP contribution in [0.2, 0.25) is 0 Å². The van der Waals surface area contributed by atoms with Crippen LogP contribution in [-0.4, -0.2) is 42.6 Å². The van der Waals surface area contributed by atoms with Crippen molar-refractivity contribution in [2.75, 3.05) is 37.9 Å². The van der Waals surface area contributed by atoms with Gasteiger partial charge in [0.1, 0.15) is 24.3 Å². The molecule has 4 rings (SSSR count). The fraction of sp³-hybridized carbons (Fsp3) is 0.227. The van der Waals surface area contributed by atoms with Crippen LogP contribution in [0.4, 0.5) is 15.9 Å². The SMILES string of the molecule is Nc1ccc(-c2cc(-c3ccc(OC[C@H]4COCCO4)c(O)c3)cnc2N)c(F)c1. The zero-order valence-electron chi connectivity index (χ0n) is 16.2. The summed E-state index contributed by atoms with van der Waals surface area (Å²) in [6.45, 7) is 1.84. The number of nitrogens with zero attached hydrogens (tertiary/aromatic N) is 1. The van der Waals surface area contributed by atoms with E-state index in [9.17, 15) is 9.50 Å². The first-order valence-electron chi connectivity index (χ1n) is 9.47. The second-order valence-corrected chi connectivity index (χ2v) is 6.96. The molecular formula is C22H22FN3O4. The summed E-state index contributed by atoms with van der Waals surface area (Å²) in [5.41, 5.74) is 14.0. The number of benzene rings is 2. The van der Waals surface area contributed by atoms with E-state index in [2.05, 4.69) is 4.98 Å². The Labute approximate surface area is 173 Å². The molecule has 1 aliphatic rings. The summed E-state index contributed by atoms with van der Waals surface area (Å²) < 4.78 is 30.9. The maximum Gasteiger partial charge on any atom is 0.161 e. The van der Waals surface area contributed by atoms with E-state index in [0.717, 1.165) is 0 Å². The monoisotopic (exact) mass is 411 g/mol. The van der Waals surface area contributed by atoms with Crippen LogP contribution in [0.25, 0.3) is 22.3 Å². The standard InChI is InChI=1S/C22H22FN3O4/c23-19-9-15(24)2-3-17(19)18-7-14(10-26-22(18)25)13-1-4-21(20(27)8-13)30-12-16-11-28-5-6-29-16/h1-4,7-10,16,27H,5-6,11-12,24H2,(H2,25,26)/t16-/m1/s1. The highest BCUT2D eigenvalue weighted by Gasteiger charge is 2.17. The van der Waals surface area contributed by atoms with Crippen molar-refractivity contribution >= 4 is 11.5 Å². The molecule has 0 saturated carbocycles. The lowest BCUT2D eigenvalue weighted by Gasteiger charge is -2.23. The average molecular weight is 411 g/mol. The summed E-state index contributed by atoms with van der Waals surface area (Å²) in [6.07, 6.45) is 1.40. The zero-order chi connectivity index (χ0) is 21.1. The lowest BCUT2D eigenvalue weighted by molar-refractivity contribution is -0.101. The number of pyridine rings is 1. The third-order valence-corrected chi connectivity index (χ3v) is 4.80. The number of hydrogen-bond donors (Lipinski definition) is 3. The Morgan fingerprint density at radius 2 is 1.93 bits per heavy atom. The van der Waals surface area contributed by atoms with Gasteiger partial charge in [0.15, 0.2) is 11.5 Å². The van der Waals surface area contributed by atoms with Crippen LogP contribution in [0.5, 0.6) is 11.5 Å². The largest absolute Gasteiger partial charge is 0.504 e. The lowest BCUT2D eigenvalue weighted by atomic mass is 10.00. The van der Waals surface area contributed by atoms with Crippen molar-refractivity contribution in [1.82, 2.24) is 4.98 Å². The fourth-order valence-electron chi connectivity index (χ4n) is 3.23. The molecule has 156 valence electrons. The molecule has 5 N–H and O–H groups in total. The molecule has 1 saturated heterocycles. The summed E-state index contributed by atoms with van der Waals surface area (Å²) in [4.78, 5) is 4.18. The number of aromatic hydroxyl groups is 1. The Morgan fingerprint density at radius 1 is 1.07 bits per heavy atom. The number of nitrogen functional groups attached to an aromatic ring is 2. The number of anilines is 2. The number of halogens is 1. The van der Waals surface area contributed by atoms with Gasteiger partial charge in [0.25, 0.3) is 0 Å². The Kier molecular flexibility index (Phi) is 5.69. The van der Waals surface area contributed by atoms with E-state index in [-0.39, 0.29) is 24.3 Å². The molecule has 2 heterocycles. The predicted octanol–water partition coefficient (Wildman–Crippen LogP) is 3.22. The summed E-state index contributed by atoms with van der Waals surface area (Å²) in [6, 6.07) is 11.1. The number of aromatic nitrogens is 1. The molecule has 1 aliphatic heterocycles. The molecule has 0 aliphatic carbocycles. The van der Waals surface area contributed by atoms with Crippen molar-refractivity contribution in [3.8, 4) is 33.8 Å². The van der Waals surface area contributed by atoms with Gasteiger partial charge in [-0.2, -0.15) is 0 Å². The third-order valence-electron chi connectivity index (χ3n) is 4.80. The Hall–Kier alpha value is -3.36. The molecule has 0 radical (unpaired) electrons. The minimum atomic E-state index is -0.485. The molecule has 7 nitrogen and oxygen atoms in total. The highest BCUT2D eigenvalue weighted by Crippen LogP contribution is 2.35. The first-order chi connectivity index (χ1) is 14.5. The fourth-order valence-corrected chi connectivity index (χ4v) is 3.23. The van der Waals surface area contributed by atoms with Crippen LogP contribution >= 0.6 is 0 Å². The summed E-state index contributed by atoms with van der Waals surface area (Å²) >= 11 is 0. The maximum atomic E-state index is 14.4. The smallest absolute Gasteiger partial charge is 0.161 e. The molecule has 0 unspecified atom stereocenters. The van der Waals surface area contributed by atoms with Gasteiger partial charge in [-0.05, 0) is 42.0 Å². The van der Waals surface area contributed by atoms with Crippen molar-refractivity contribution in [2.45, 2.75) is 6.10 Å². The number of nitrogens with two attached hydrogens (primary N) is 2. The number of rotatable bonds is 5. The lowest BCUT2D eigenvalue weighted by Crippen LogP contribution is -2.33. The molecule has 8 heteroatoms. The van der Waals surface area contributed by atoms with E-state index in [4.69, 9.17) is 25.7 Å². The van der Waals surface area contributed by atoms with Gasteiger partial charge in [0.05, 0.1) is 19.8 Å². The van der Waals surface area contributed by atoms with E-state index < -0.39 is 5.82 Å². The van der Waals surface area contributed by atoms with Gasteiger partial charge in [0, 0.05) is 28.6 Å². The van der Waals surface area contributed by atoms with E-state index >= 15 is 0 Å². The van der Waals surface area contributed by atoms with Crippen molar-refractivity contribution in [3.05, 3.63) is 54.5 Å². The highest BCUT2D eigenvalue weighted by atomic mass is 19.1. The molecule has 1 fully saturated rings. The van der Waals surface area contributed by atoms with Gasteiger partial charge in [-0.1, -0.05) is 6.07 Å². The molecule has 3 aromatic rings. The minimum Gasteiger partial charge on any atom is -0.504 e. The number of phenols is 1. The number of phenolic OH excluding ortho intramolecular Hbond substituents is 1. The van der Waals surface area contributed by atoms with Gasteiger partial charge < -0.3 is 30.8 Å². The third kappa shape index (κ3) is 4.29. The van der Waals surface area contributed by atoms with Gasteiger partial charge in [-0.25, -0.2) is 9.37 Å². The molecule has 1 aromatic heterocycles. The van der Waals surface area contributed by atoms with Gasteiger partial charge >= 0.3 is 0 Å². The average Bonchev–Trinajstić information content (AvgIpc) is 2.74. The molecule has 2 aromatic carbocycles. The van der Waals surface area contributed by atoms with Crippen molar-refractivity contribution in [3.63, 3.8) is 0 Å². The van der Waals surface area contributed by atoms with Crippen molar-refractivity contribution < 1.29 is 23.7 Å². The second kappa shape index (κ2) is 8.56. The maximum absolute atomic E-state index is 14.4. The van der Waals surface area contributed by atoms with E-state index in [0.29, 0.717) is 53.5 Å². The molecular weight excluding hydrogens is 389 g/mol. The first kappa shape index (κ1) is 19.9. The van der Waals surface area contributed by atoms with Crippen LogP contribution in [0.15, 0.2) is 48.7 Å². The normalized spacial score (nSPS) is 16.4. The number of ether oxygens (including phenoxy) is 3. The molecule has 0 amide bonds. The summed E-state index contributed by atoms with van der Waals surface area (Å²) in [5, 5.41) is 10.4. The quantitative estimate of drug-likeness (QED) is 0.553. The topological polar surface area (TPSA) is 113 Å². The minimum absolute atomic E-state index is 0.0266. The molecule has 0 spiro atoms. The zero-order valence-corrected chi connectivity index (χ0v) is 16.2.